The second-order valence-corrected chi connectivity index (χ2v) is 10.9. The number of rotatable bonds is 5. The molecule has 1 amide bonds. The van der Waals surface area contributed by atoms with Gasteiger partial charge in [0.05, 0.1) is 30.2 Å². The summed E-state index contributed by atoms with van der Waals surface area (Å²) < 4.78 is 8.05. The number of anilines is 1. The van der Waals surface area contributed by atoms with Crippen LogP contribution >= 0.6 is 11.3 Å². The molecule has 2 N–H and O–H groups in total. The highest BCUT2D eigenvalue weighted by atomic mass is 32.1. The number of carbonyl (C=O) groups excluding carboxylic acids is 2. The van der Waals surface area contributed by atoms with E-state index in [0.29, 0.717) is 21.9 Å². The summed E-state index contributed by atoms with van der Waals surface area (Å²) in [6.07, 6.45) is 8.48. The molecule has 0 aliphatic heterocycles. The Morgan fingerprint density at radius 1 is 1.15 bits per heavy atom. The molecule has 0 fully saturated rings. The Balaban J connectivity index is 1.54. The van der Waals surface area contributed by atoms with Crippen molar-refractivity contribution >= 4 is 44.9 Å². The van der Waals surface area contributed by atoms with Crippen LogP contribution < -0.4 is 16.4 Å². The molecule has 0 spiro atoms. The highest BCUT2D eigenvalue weighted by Crippen LogP contribution is 2.38. The molecule has 5 aromatic rings. The van der Waals surface area contributed by atoms with Crippen molar-refractivity contribution < 1.29 is 14.3 Å². The summed E-state index contributed by atoms with van der Waals surface area (Å²) in [7, 11) is 1.32. The summed E-state index contributed by atoms with van der Waals surface area (Å²) in [4.78, 5) is 50.0. The molecule has 5 heterocycles. The van der Waals surface area contributed by atoms with E-state index in [-0.39, 0.29) is 28.5 Å². The third-order valence-electron chi connectivity index (χ3n) is 7.26. The maximum atomic E-state index is 13.8. The molecule has 11 heteroatoms. The van der Waals surface area contributed by atoms with E-state index in [4.69, 9.17) is 15.1 Å². The first-order valence-electron chi connectivity index (χ1n) is 12.9. The van der Waals surface area contributed by atoms with Crippen molar-refractivity contribution in [3.05, 3.63) is 97.5 Å². The number of nitrogens with zero attached hydrogens (tertiary/aromatic N) is 4. The predicted octanol–water partition coefficient (Wildman–Crippen LogP) is 3.86. The van der Waals surface area contributed by atoms with Crippen molar-refractivity contribution in [3.63, 3.8) is 0 Å². The predicted molar refractivity (Wildman–Crippen MR) is 151 cm³/mol. The number of hydrogen-bond donors (Lipinski definition) is 2. The fraction of sp³-hybridized carbons (Fsp3) is 0.241. The molecule has 6 rings (SSSR count). The monoisotopic (exact) mass is 554 g/mol. The number of esters is 1. The molecule has 0 saturated carbocycles. The molecule has 0 unspecified atom stereocenters. The maximum Gasteiger partial charge on any atom is 0.341 e. The molecule has 0 bridgehead atoms. The molecule has 1 aliphatic carbocycles. The van der Waals surface area contributed by atoms with Gasteiger partial charge in [-0.15, -0.1) is 11.3 Å². The van der Waals surface area contributed by atoms with Gasteiger partial charge >= 0.3 is 5.97 Å². The normalized spacial score (nSPS) is 12.8. The number of thiophene rings is 1. The van der Waals surface area contributed by atoms with Gasteiger partial charge in [-0.25, -0.2) is 9.78 Å². The zero-order chi connectivity index (χ0) is 28.0. The molecule has 0 aromatic carbocycles. The first kappa shape index (κ1) is 25.6. The van der Waals surface area contributed by atoms with Crippen LogP contribution in [0.1, 0.15) is 55.1 Å². The highest BCUT2D eigenvalue weighted by Gasteiger charge is 2.28. The van der Waals surface area contributed by atoms with E-state index >= 15 is 0 Å². The van der Waals surface area contributed by atoms with Crippen LogP contribution in [-0.2, 0) is 24.1 Å². The molecule has 5 aromatic heterocycles. The lowest BCUT2D eigenvalue weighted by atomic mass is 9.95. The van der Waals surface area contributed by atoms with Gasteiger partial charge in [-0.1, -0.05) is 6.07 Å². The Hall–Kier alpha value is -4.64. The maximum absolute atomic E-state index is 13.8. The Morgan fingerprint density at radius 2 is 1.93 bits per heavy atom. The average Bonchev–Trinajstić information content (AvgIpc) is 3.33. The first-order chi connectivity index (χ1) is 19.4. The largest absolute Gasteiger partial charge is 0.465 e. The van der Waals surface area contributed by atoms with Crippen LogP contribution in [0.2, 0.25) is 0 Å². The molecule has 0 atom stereocenters. The minimum atomic E-state index is -0.590. The Kier molecular flexibility index (Phi) is 6.51. The summed E-state index contributed by atoms with van der Waals surface area (Å²) in [6.45, 7) is 2.07. The standard InChI is InChI=1S/C29H26N6O4S/c1-16-6-5-13-34-24(16)32-25-20(28(34)37)14-19(23(30)35(25)15-17-9-11-31-12-10-17)26(36)33-27-22(29(38)39-2)18-7-3-4-8-21(18)40-27/h5-6,9-14,30H,3-4,7-8,15H2,1-2H3,(H,33,36). The number of aryl methyl sites for hydroxylation is 2. The number of fused-ring (bicyclic) bond motifs is 3. The van der Waals surface area contributed by atoms with E-state index in [9.17, 15) is 14.4 Å². The van der Waals surface area contributed by atoms with Crippen LogP contribution in [0.5, 0.6) is 0 Å². The van der Waals surface area contributed by atoms with Gasteiger partial charge in [-0.05, 0) is 73.6 Å². The first-order valence-corrected chi connectivity index (χ1v) is 13.7. The Morgan fingerprint density at radius 3 is 2.70 bits per heavy atom. The van der Waals surface area contributed by atoms with E-state index < -0.39 is 11.9 Å². The fourth-order valence-corrected chi connectivity index (χ4v) is 6.51. The van der Waals surface area contributed by atoms with Crippen molar-refractivity contribution in [2.45, 2.75) is 39.2 Å². The third kappa shape index (κ3) is 4.28. The number of methoxy groups -OCH3 is 1. The smallest absolute Gasteiger partial charge is 0.341 e. The Labute approximate surface area is 232 Å². The summed E-state index contributed by atoms with van der Waals surface area (Å²) in [6, 6.07) is 8.67. The van der Waals surface area contributed by atoms with Crippen molar-refractivity contribution in [3.8, 4) is 0 Å². The molecule has 0 radical (unpaired) electrons. The molecule has 0 saturated heterocycles. The van der Waals surface area contributed by atoms with Gasteiger partial charge in [0.15, 0.2) is 0 Å². The van der Waals surface area contributed by atoms with Gasteiger partial charge < -0.3 is 14.6 Å². The quantitative estimate of drug-likeness (QED) is 0.251. The minimum Gasteiger partial charge on any atom is -0.465 e. The lowest BCUT2D eigenvalue weighted by Gasteiger charge is -2.15. The summed E-state index contributed by atoms with van der Waals surface area (Å²) in [5.41, 5.74) is 3.26. The van der Waals surface area contributed by atoms with Crippen LogP contribution in [0, 0.1) is 12.3 Å². The Bertz CT molecular complexity index is 1940. The van der Waals surface area contributed by atoms with Crippen molar-refractivity contribution in [1.82, 2.24) is 18.9 Å². The molecular weight excluding hydrogens is 528 g/mol. The van der Waals surface area contributed by atoms with E-state index in [0.717, 1.165) is 47.3 Å². The number of carbonyl (C=O) groups is 2. The van der Waals surface area contributed by atoms with E-state index in [1.807, 2.05) is 25.1 Å². The zero-order valence-electron chi connectivity index (χ0n) is 22.0. The van der Waals surface area contributed by atoms with Crippen molar-refractivity contribution in [2.75, 3.05) is 12.4 Å². The topological polar surface area (TPSA) is 131 Å². The molecule has 202 valence electrons. The number of aromatic nitrogens is 4. The van der Waals surface area contributed by atoms with Gasteiger partial charge in [-0.2, -0.15) is 0 Å². The van der Waals surface area contributed by atoms with Crippen molar-refractivity contribution in [1.29, 1.82) is 5.41 Å². The summed E-state index contributed by atoms with van der Waals surface area (Å²) in [5.74, 6) is -1.09. The van der Waals surface area contributed by atoms with Gasteiger partial charge in [0.2, 0.25) is 0 Å². The number of hydrogen-bond acceptors (Lipinski definition) is 8. The average molecular weight is 555 g/mol. The molecule has 40 heavy (non-hydrogen) atoms. The highest BCUT2D eigenvalue weighted by molar-refractivity contribution is 7.17. The van der Waals surface area contributed by atoms with E-state index in [1.165, 1.54) is 28.9 Å². The lowest BCUT2D eigenvalue weighted by Crippen LogP contribution is -2.32. The number of pyridine rings is 3. The number of amides is 1. The summed E-state index contributed by atoms with van der Waals surface area (Å²) in [5, 5.41) is 12.5. The lowest BCUT2D eigenvalue weighted by molar-refractivity contribution is 0.0601. The SMILES string of the molecule is COC(=O)c1c(NC(=O)c2cc3c(=O)n4cccc(C)c4nc3n(Cc3ccncc3)c2=N)sc2c1CCCC2. The van der Waals surface area contributed by atoms with Gasteiger partial charge in [0.25, 0.3) is 11.5 Å². The van der Waals surface area contributed by atoms with Crippen LogP contribution in [0.15, 0.2) is 53.7 Å². The summed E-state index contributed by atoms with van der Waals surface area (Å²) >= 11 is 1.37. The van der Waals surface area contributed by atoms with E-state index in [1.54, 1.807) is 29.2 Å². The number of nitrogens with one attached hydrogen (secondary N) is 2. The zero-order valence-corrected chi connectivity index (χ0v) is 22.8. The third-order valence-corrected chi connectivity index (χ3v) is 8.46. The second-order valence-electron chi connectivity index (χ2n) is 9.75. The van der Waals surface area contributed by atoms with Gasteiger partial charge in [0, 0.05) is 23.5 Å². The molecule has 10 nitrogen and oxygen atoms in total. The molecular formula is C29H26N6O4S. The van der Waals surface area contributed by atoms with E-state index in [2.05, 4.69) is 10.3 Å². The van der Waals surface area contributed by atoms with Gasteiger partial charge in [0.1, 0.15) is 21.8 Å². The van der Waals surface area contributed by atoms with Crippen LogP contribution in [0.3, 0.4) is 0 Å². The minimum absolute atomic E-state index is 0.00440. The fourth-order valence-electron chi connectivity index (χ4n) is 5.24. The van der Waals surface area contributed by atoms with Crippen LogP contribution in [0.25, 0.3) is 16.7 Å². The van der Waals surface area contributed by atoms with Gasteiger partial charge in [-0.3, -0.25) is 24.4 Å². The van der Waals surface area contributed by atoms with Crippen LogP contribution in [0.4, 0.5) is 5.00 Å². The molecule has 1 aliphatic rings. The van der Waals surface area contributed by atoms with Crippen molar-refractivity contribution in [2.24, 2.45) is 0 Å². The second kappa shape index (κ2) is 10.2. The van der Waals surface area contributed by atoms with Crippen LogP contribution in [-0.4, -0.2) is 37.9 Å². The number of ether oxygens (including phenoxy) is 1.